The summed E-state index contributed by atoms with van der Waals surface area (Å²) < 4.78 is 37.3. The molecule has 0 amide bonds. The van der Waals surface area contributed by atoms with E-state index in [1.165, 1.54) is 16.4 Å². The van der Waals surface area contributed by atoms with Crippen LogP contribution >= 0.6 is 11.6 Å². The number of aromatic nitrogens is 2. The molecule has 0 aliphatic carbocycles. The Bertz CT molecular complexity index is 1080. The molecular formula is C18H16ClN3O4S. The van der Waals surface area contributed by atoms with Gasteiger partial charge in [-0.2, -0.15) is 9.29 Å². The number of halogens is 1. The molecule has 0 bridgehead atoms. The first-order chi connectivity index (χ1) is 13.0. The molecule has 2 aromatic carbocycles. The average Bonchev–Trinajstić information content (AvgIpc) is 3.09. The van der Waals surface area contributed by atoms with Gasteiger partial charge in [0.25, 0.3) is 0 Å². The molecule has 1 aromatic heterocycles. The number of ether oxygens (including phenoxy) is 1. The monoisotopic (exact) mass is 405 g/mol. The van der Waals surface area contributed by atoms with Gasteiger partial charge >= 0.3 is 0 Å². The molecule has 1 aliphatic rings. The van der Waals surface area contributed by atoms with Crippen LogP contribution in [0, 0.1) is 0 Å². The van der Waals surface area contributed by atoms with Crippen molar-refractivity contribution in [1.29, 1.82) is 0 Å². The van der Waals surface area contributed by atoms with E-state index in [0.717, 1.165) is 5.56 Å². The van der Waals surface area contributed by atoms with Crippen LogP contribution in [0.3, 0.4) is 0 Å². The van der Waals surface area contributed by atoms with E-state index in [1.807, 2.05) is 24.3 Å². The lowest BCUT2D eigenvalue weighted by Crippen LogP contribution is -2.48. The number of sulfonamides is 1. The normalized spacial score (nSPS) is 15.5. The highest BCUT2D eigenvalue weighted by Gasteiger charge is 2.40. The summed E-state index contributed by atoms with van der Waals surface area (Å²) in [5, 5.41) is 4.38. The molecule has 7 nitrogen and oxygen atoms in total. The Hall–Kier alpha value is -2.42. The van der Waals surface area contributed by atoms with Gasteiger partial charge in [-0.1, -0.05) is 35.0 Å². The first-order valence-corrected chi connectivity index (χ1v) is 10.0. The minimum atomic E-state index is -3.58. The smallest absolute Gasteiger partial charge is 0.243 e. The SMILES string of the molecule is COc1ccccc1-c1noc(C2CN(S(=O)(=O)c3cccc(Cl)c3)C2)n1. The van der Waals surface area contributed by atoms with Crippen molar-refractivity contribution in [3.63, 3.8) is 0 Å². The van der Waals surface area contributed by atoms with Gasteiger partial charge in [-0.25, -0.2) is 8.42 Å². The van der Waals surface area contributed by atoms with Gasteiger partial charge in [0, 0.05) is 18.1 Å². The third-order valence-electron chi connectivity index (χ3n) is 4.42. The molecule has 0 spiro atoms. The summed E-state index contributed by atoms with van der Waals surface area (Å²) in [5.41, 5.74) is 0.720. The maximum absolute atomic E-state index is 12.6. The number of nitrogens with zero attached hydrogens (tertiary/aromatic N) is 3. The third-order valence-corrected chi connectivity index (χ3v) is 6.48. The zero-order valence-electron chi connectivity index (χ0n) is 14.4. The lowest BCUT2D eigenvalue weighted by Gasteiger charge is -2.35. The van der Waals surface area contributed by atoms with Gasteiger partial charge in [0.15, 0.2) is 0 Å². The van der Waals surface area contributed by atoms with Crippen LogP contribution in [0.25, 0.3) is 11.4 Å². The molecule has 140 valence electrons. The minimum Gasteiger partial charge on any atom is -0.496 e. The highest BCUT2D eigenvalue weighted by molar-refractivity contribution is 7.89. The van der Waals surface area contributed by atoms with Gasteiger partial charge < -0.3 is 9.26 Å². The van der Waals surface area contributed by atoms with Crippen LogP contribution in [-0.2, 0) is 10.0 Å². The van der Waals surface area contributed by atoms with Crippen molar-refractivity contribution in [3.05, 3.63) is 59.4 Å². The second-order valence-electron chi connectivity index (χ2n) is 6.13. The van der Waals surface area contributed by atoms with Crippen molar-refractivity contribution >= 4 is 21.6 Å². The van der Waals surface area contributed by atoms with Crippen molar-refractivity contribution in [1.82, 2.24) is 14.4 Å². The van der Waals surface area contributed by atoms with E-state index >= 15 is 0 Å². The number of hydrogen-bond acceptors (Lipinski definition) is 6. The summed E-state index contributed by atoms with van der Waals surface area (Å²) in [6.45, 7) is 0.560. The van der Waals surface area contributed by atoms with E-state index in [0.29, 0.717) is 22.5 Å². The van der Waals surface area contributed by atoms with Gasteiger partial charge in [0.05, 0.1) is 23.5 Å². The Labute approximate surface area is 161 Å². The van der Waals surface area contributed by atoms with Gasteiger partial charge in [-0.05, 0) is 30.3 Å². The van der Waals surface area contributed by atoms with Crippen molar-refractivity contribution in [2.24, 2.45) is 0 Å². The Morgan fingerprint density at radius 1 is 1.19 bits per heavy atom. The van der Waals surface area contributed by atoms with E-state index in [9.17, 15) is 8.42 Å². The molecule has 1 fully saturated rings. The van der Waals surface area contributed by atoms with Crippen LogP contribution in [-0.4, -0.2) is 43.1 Å². The molecule has 4 rings (SSSR count). The van der Waals surface area contributed by atoms with Gasteiger partial charge in [0.1, 0.15) is 5.75 Å². The molecule has 3 aromatic rings. The first kappa shape index (κ1) is 18.0. The van der Waals surface area contributed by atoms with Crippen molar-refractivity contribution < 1.29 is 17.7 Å². The predicted molar refractivity (Wildman–Crippen MR) is 99.2 cm³/mol. The number of hydrogen-bond donors (Lipinski definition) is 0. The van der Waals surface area contributed by atoms with Gasteiger partial charge in [-0.15, -0.1) is 0 Å². The van der Waals surface area contributed by atoms with Gasteiger partial charge in [-0.3, -0.25) is 0 Å². The fourth-order valence-corrected chi connectivity index (χ4v) is 4.74. The summed E-state index contributed by atoms with van der Waals surface area (Å²) in [6.07, 6.45) is 0. The van der Waals surface area contributed by atoms with E-state index in [1.54, 1.807) is 19.2 Å². The molecule has 0 N–H and O–H groups in total. The van der Waals surface area contributed by atoms with Crippen LogP contribution in [0.5, 0.6) is 5.75 Å². The highest BCUT2D eigenvalue weighted by Crippen LogP contribution is 2.34. The van der Waals surface area contributed by atoms with Crippen LogP contribution in [0.4, 0.5) is 0 Å². The van der Waals surface area contributed by atoms with E-state index in [-0.39, 0.29) is 23.9 Å². The average molecular weight is 406 g/mol. The standard InChI is InChI=1S/C18H16ClN3O4S/c1-25-16-8-3-2-7-15(16)17-20-18(26-21-17)12-10-22(11-12)27(23,24)14-6-4-5-13(19)9-14/h2-9,12H,10-11H2,1H3. The fraction of sp³-hybridized carbons (Fsp3) is 0.222. The minimum absolute atomic E-state index is 0.144. The Balaban J connectivity index is 1.50. The zero-order chi connectivity index (χ0) is 19.0. The fourth-order valence-electron chi connectivity index (χ4n) is 2.91. The summed E-state index contributed by atoms with van der Waals surface area (Å²) in [5.74, 6) is 1.32. The Morgan fingerprint density at radius 2 is 1.96 bits per heavy atom. The third kappa shape index (κ3) is 3.31. The maximum atomic E-state index is 12.6. The van der Waals surface area contributed by atoms with Crippen LogP contribution in [0.15, 0.2) is 57.9 Å². The molecule has 0 unspecified atom stereocenters. The highest BCUT2D eigenvalue weighted by atomic mass is 35.5. The predicted octanol–water partition coefficient (Wildman–Crippen LogP) is 3.19. The second kappa shape index (κ2) is 6.95. The van der Waals surface area contributed by atoms with Crippen LogP contribution in [0.1, 0.15) is 11.8 Å². The molecule has 1 aliphatic heterocycles. The molecule has 2 heterocycles. The Kier molecular flexibility index (Phi) is 4.63. The summed E-state index contributed by atoms with van der Waals surface area (Å²) in [6, 6.07) is 13.6. The van der Waals surface area contributed by atoms with E-state index in [2.05, 4.69) is 10.1 Å². The molecule has 9 heteroatoms. The van der Waals surface area contributed by atoms with E-state index < -0.39 is 10.0 Å². The van der Waals surface area contributed by atoms with Crippen molar-refractivity contribution in [2.75, 3.05) is 20.2 Å². The largest absolute Gasteiger partial charge is 0.496 e. The number of para-hydroxylation sites is 1. The van der Waals surface area contributed by atoms with Crippen molar-refractivity contribution in [2.45, 2.75) is 10.8 Å². The number of methoxy groups -OCH3 is 1. The lowest BCUT2D eigenvalue weighted by atomic mass is 10.0. The molecule has 0 atom stereocenters. The summed E-state index contributed by atoms with van der Waals surface area (Å²) in [4.78, 5) is 4.59. The second-order valence-corrected chi connectivity index (χ2v) is 8.51. The quantitative estimate of drug-likeness (QED) is 0.648. The summed E-state index contributed by atoms with van der Waals surface area (Å²) in [7, 11) is -2.01. The molecule has 0 radical (unpaired) electrons. The molecule has 0 saturated carbocycles. The summed E-state index contributed by atoms with van der Waals surface area (Å²) >= 11 is 5.90. The lowest BCUT2D eigenvalue weighted by molar-refractivity contribution is 0.217. The molecule has 27 heavy (non-hydrogen) atoms. The number of benzene rings is 2. The Morgan fingerprint density at radius 3 is 2.70 bits per heavy atom. The molecular weight excluding hydrogens is 390 g/mol. The van der Waals surface area contributed by atoms with Crippen molar-refractivity contribution in [3.8, 4) is 17.1 Å². The molecule has 1 saturated heterocycles. The zero-order valence-corrected chi connectivity index (χ0v) is 15.9. The van der Waals surface area contributed by atoms with E-state index in [4.69, 9.17) is 20.9 Å². The van der Waals surface area contributed by atoms with Crippen LogP contribution in [0.2, 0.25) is 5.02 Å². The topological polar surface area (TPSA) is 85.5 Å². The van der Waals surface area contributed by atoms with Gasteiger partial charge in [0.2, 0.25) is 21.7 Å². The van der Waals surface area contributed by atoms with Crippen LogP contribution < -0.4 is 4.74 Å². The maximum Gasteiger partial charge on any atom is 0.243 e. The number of rotatable bonds is 5. The first-order valence-electron chi connectivity index (χ1n) is 8.22.